The lowest BCUT2D eigenvalue weighted by Gasteiger charge is -2.31. The lowest BCUT2D eigenvalue weighted by Crippen LogP contribution is -2.21. The van der Waals surface area contributed by atoms with Crippen LogP contribution in [0.25, 0.3) is 0 Å². The number of hydrogen-bond acceptors (Lipinski definition) is 2. The number of rotatable bonds is 6. The molecule has 3 heteroatoms. The molecule has 2 atom stereocenters. The van der Waals surface area contributed by atoms with Gasteiger partial charge >= 0.3 is 0 Å². The van der Waals surface area contributed by atoms with Crippen LogP contribution in [0.2, 0.25) is 0 Å². The summed E-state index contributed by atoms with van der Waals surface area (Å²) in [5, 5.41) is 11.9. The zero-order valence-electron chi connectivity index (χ0n) is 17.0. The van der Waals surface area contributed by atoms with Crippen LogP contribution in [0.4, 0.5) is 5.69 Å². The molecule has 0 aliphatic carbocycles. The van der Waals surface area contributed by atoms with Gasteiger partial charge in [-0.3, -0.25) is 4.99 Å². The second-order valence-corrected chi connectivity index (χ2v) is 9.27. The molecule has 1 N–H and O–H groups in total. The van der Waals surface area contributed by atoms with E-state index in [4.69, 9.17) is 0 Å². The number of nitrogens with zero attached hydrogens (tertiary/aromatic N) is 1. The van der Waals surface area contributed by atoms with Crippen molar-refractivity contribution >= 4 is 25.8 Å². The van der Waals surface area contributed by atoms with Crippen molar-refractivity contribution in [1.82, 2.24) is 0 Å². The maximum Gasteiger partial charge on any atom is 0.122 e. The third-order valence-corrected chi connectivity index (χ3v) is 7.46. The van der Waals surface area contributed by atoms with Gasteiger partial charge in [0.15, 0.2) is 0 Å². The highest BCUT2D eigenvalue weighted by molar-refractivity contribution is 7.49. The largest absolute Gasteiger partial charge is 0.507 e. The van der Waals surface area contributed by atoms with Crippen LogP contribution in [0, 0.1) is 13.8 Å². The molecule has 28 heavy (non-hydrogen) atoms. The Morgan fingerprint density at radius 3 is 2.32 bits per heavy atom. The minimum Gasteiger partial charge on any atom is -0.507 e. The molecular formula is C25H28NOP. The third-order valence-electron chi connectivity index (χ3n) is 5.35. The lowest BCUT2D eigenvalue weighted by atomic mass is 9.94. The summed E-state index contributed by atoms with van der Waals surface area (Å²) in [6, 6.07) is 22.5. The van der Waals surface area contributed by atoms with E-state index in [0.29, 0.717) is 14.3 Å². The SMILES string of the molecule is CCC(C)(Pc1c(C)cccc1/C=N/c1ccccc1)c1cccc(C)c1O. The smallest absolute Gasteiger partial charge is 0.122 e. The average molecular weight is 389 g/mol. The first-order valence-corrected chi connectivity index (χ1v) is 10.7. The van der Waals surface area contributed by atoms with Gasteiger partial charge in [-0.05, 0) is 48.8 Å². The van der Waals surface area contributed by atoms with Crippen molar-refractivity contribution in [2.45, 2.75) is 39.3 Å². The molecule has 0 bridgehead atoms. The summed E-state index contributed by atoms with van der Waals surface area (Å²) in [6.45, 7) is 8.58. The lowest BCUT2D eigenvalue weighted by molar-refractivity contribution is 0.452. The van der Waals surface area contributed by atoms with Gasteiger partial charge in [0.2, 0.25) is 0 Å². The number of aryl methyl sites for hydroxylation is 2. The Bertz CT molecular complexity index is 981. The molecule has 0 saturated carbocycles. The maximum absolute atomic E-state index is 10.7. The molecule has 0 aliphatic heterocycles. The van der Waals surface area contributed by atoms with Crippen LogP contribution < -0.4 is 5.30 Å². The first-order chi connectivity index (χ1) is 13.4. The highest BCUT2D eigenvalue weighted by Crippen LogP contribution is 2.48. The molecule has 0 heterocycles. The number of aromatic hydroxyl groups is 1. The predicted molar refractivity (Wildman–Crippen MR) is 123 cm³/mol. The van der Waals surface area contributed by atoms with Gasteiger partial charge in [-0.1, -0.05) is 77.0 Å². The average Bonchev–Trinajstić information content (AvgIpc) is 2.71. The van der Waals surface area contributed by atoms with Gasteiger partial charge in [0, 0.05) is 22.5 Å². The molecule has 3 rings (SSSR count). The van der Waals surface area contributed by atoms with E-state index in [2.05, 4.69) is 50.0 Å². The van der Waals surface area contributed by atoms with Gasteiger partial charge in [0.1, 0.15) is 5.75 Å². The Morgan fingerprint density at radius 1 is 0.929 bits per heavy atom. The zero-order valence-corrected chi connectivity index (χ0v) is 18.0. The van der Waals surface area contributed by atoms with Gasteiger partial charge in [0.25, 0.3) is 0 Å². The van der Waals surface area contributed by atoms with Crippen LogP contribution in [0.1, 0.15) is 42.5 Å². The molecule has 144 valence electrons. The fourth-order valence-electron chi connectivity index (χ4n) is 3.35. The second-order valence-electron chi connectivity index (χ2n) is 7.41. The molecular weight excluding hydrogens is 361 g/mol. The fourth-order valence-corrected chi connectivity index (χ4v) is 4.99. The minimum absolute atomic E-state index is 0.127. The summed E-state index contributed by atoms with van der Waals surface area (Å²) in [6.07, 6.45) is 2.92. The van der Waals surface area contributed by atoms with Crippen molar-refractivity contribution in [2.75, 3.05) is 0 Å². The van der Waals surface area contributed by atoms with Gasteiger partial charge < -0.3 is 5.11 Å². The van der Waals surface area contributed by atoms with Crippen molar-refractivity contribution in [2.24, 2.45) is 4.99 Å². The number of benzene rings is 3. The van der Waals surface area contributed by atoms with E-state index >= 15 is 0 Å². The molecule has 2 nitrogen and oxygen atoms in total. The van der Waals surface area contributed by atoms with Crippen molar-refractivity contribution in [3.05, 3.63) is 89.0 Å². The Kier molecular flexibility index (Phi) is 6.31. The topological polar surface area (TPSA) is 32.6 Å². The van der Waals surface area contributed by atoms with Gasteiger partial charge in [-0.15, -0.1) is 0 Å². The van der Waals surface area contributed by atoms with Gasteiger partial charge in [0.05, 0.1) is 5.69 Å². The maximum atomic E-state index is 10.7. The van der Waals surface area contributed by atoms with E-state index in [1.54, 1.807) is 0 Å². The van der Waals surface area contributed by atoms with Crippen LogP contribution in [0.15, 0.2) is 71.7 Å². The molecule has 3 aromatic rings. The summed E-state index contributed by atoms with van der Waals surface area (Å²) in [5.74, 6) is 0.424. The summed E-state index contributed by atoms with van der Waals surface area (Å²) in [5.41, 5.74) is 5.32. The summed E-state index contributed by atoms with van der Waals surface area (Å²) >= 11 is 0. The van der Waals surface area contributed by atoms with Crippen LogP contribution in [0.5, 0.6) is 5.75 Å². The number of phenolic OH excluding ortho intramolecular Hbond substituents is 1. The molecule has 3 aromatic carbocycles. The van der Waals surface area contributed by atoms with Crippen molar-refractivity contribution in [3.8, 4) is 5.75 Å². The van der Waals surface area contributed by atoms with Crippen molar-refractivity contribution in [3.63, 3.8) is 0 Å². The normalized spacial score (nSPS) is 14.0. The standard InChI is InChI=1S/C25H28NOP/c1-5-25(4,22-16-10-11-18(2)23(22)27)28-24-19(3)12-9-13-20(24)17-26-21-14-7-6-8-15-21/h6-17,27-28H,5H2,1-4H3/b26-17+. The van der Waals surface area contributed by atoms with E-state index in [-0.39, 0.29) is 5.16 Å². The summed E-state index contributed by atoms with van der Waals surface area (Å²) in [7, 11) is 0.533. The van der Waals surface area contributed by atoms with E-state index in [9.17, 15) is 5.11 Å². The van der Waals surface area contributed by atoms with Crippen LogP contribution in [0.3, 0.4) is 0 Å². The summed E-state index contributed by atoms with van der Waals surface area (Å²) in [4.78, 5) is 4.67. The first kappa shape index (κ1) is 20.3. The second kappa shape index (κ2) is 8.71. The number of para-hydroxylation sites is 2. The fraction of sp³-hybridized carbons (Fsp3) is 0.240. The van der Waals surface area contributed by atoms with E-state index < -0.39 is 0 Å². The molecule has 0 saturated heterocycles. The van der Waals surface area contributed by atoms with E-state index in [1.165, 1.54) is 10.9 Å². The summed E-state index contributed by atoms with van der Waals surface area (Å²) < 4.78 is 0. The Labute approximate surface area is 170 Å². The van der Waals surface area contributed by atoms with Gasteiger partial charge in [-0.25, -0.2) is 0 Å². The highest BCUT2D eigenvalue weighted by atomic mass is 31.1. The molecule has 0 radical (unpaired) electrons. The van der Waals surface area contributed by atoms with Crippen LogP contribution >= 0.6 is 8.58 Å². The molecule has 0 aliphatic rings. The Balaban J connectivity index is 2.01. The molecule has 0 aromatic heterocycles. The van der Waals surface area contributed by atoms with Crippen molar-refractivity contribution in [1.29, 1.82) is 0 Å². The number of hydrogen-bond donors (Lipinski definition) is 1. The van der Waals surface area contributed by atoms with Crippen molar-refractivity contribution < 1.29 is 5.11 Å². The Hall–Kier alpha value is -2.44. The van der Waals surface area contributed by atoms with E-state index in [1.807, 2.05) is 55.6 Å². The molecule has 0 amide bonds. The monoisotopic (exact) mass is 389 g/mol. The highest BCUT2D eigenvalue weighted by Gasteiger charge is 2.29. The van der Waals surface area contributed by atoms with Gasteiger partial charge in [-0.2, -0.15) is 0 Å². The Morgan fingerprint density at radius 2 is 1.61 bits per heavy atom. The van der Waals surface area contributed by atoms with Crippen LogP contribution in [-0.2, 0) is 5.16 Å². The van der Waals surface area contributed by atoms with Crippen LogP contribution in [-0.4, -0.2) is 11.3 Å². The van der Waals surface area contributed by atoms with E-state index in [0.717, 1.165) is 28.8 Å². The minimum atomic E-state index is -0.127. The molecule has 0 fully saturated rings. The predicted octanol–water partition coefficient (Wildman–Crippen LogP) is 6.39. The molecule has 2 unspecified atom stereocenters. The number of aliphatic imine (C=N–C) groups is 1. The molecule has 0 spiro atoms. The zero-order chi connectivity index (χ0) is 20.1. The first-order valence-electron chi connectivity index (χ1n) is 9.70. The quantitative estimate of drug-likeness (QED) is 0.384. The number of phenols is 1. The third kappa shape index (κ3) is 4.34.